The SMILES string of the molecule is CC[C@H](C)[C@H](NC(=O)[C@H](N)Cc1ccccc1)C(=O)N[C@@H](COP(=O)(O)O)C(=O)N[C@H](CCC(N)=O)C(=O)N[C@@H](C(=O)N[C@H](C(=O)N[C@@H](CO)C(=O)N[C@H]1C(=O)N[C@@H](C)C(=O)N[C@@H](CCCN=C(N)N)C(=O)N[C@@H]([C@@H](C)CC)C(=O)O[C@H]1C)[C@@H](C)CC)C(C)C. The van der Waals surface area contributed by atoms with E-state index in [1.807, 2.05) is 0 Å². The molecule has 1 heterocycles. The van der Waals surface area contributed by atoms with Crippen molar-refractivity contribution in [3.05, 3.63) is 35.9 Å². The van der Waals surface area contributed by atoms with Gasteiger partial charge in [0, 0.05) is 13.0 Å². The van der Waals surface area contributed by atoms with Crippen LogP contribution in [0.1, 0.15) is 120 Å². The second-order valence-electron chi connectivity index (χ2n) is 22.7. The van der Waals surface area contributed by atoms with Gasteiger partial charge in [-0.05, 0) is 68.8 Å². The molecule has 1 aromatic rings. The van der Waals surface area contributed by atoms with E-state index in [2.05, 4.69) is 62.7 Å². The predicted octanol–water partition coefficient (Wildman–Crippen LogP) is -4.42. The summed E-state index contributed by atoms with van der Waals surface area (Å²) in [5, 5.41) is 35.1. The first-order valence-corrected chi connectivity index (χ1v) is 31.3. The molecule has 0 unspecified atom stereocenters. The highest BCUT2D eigenvalue weighted by molar-refractivity contribution is 7.46. The Kier molecular flexibility index (Phi) is 33.0. The van der Waals surface area contributed by atoms with Gasteiger partial charge in [-0.15, -0.1) is 0 Å². The number of carbonyl (C=O) groups is 12. The van der Waals surface area contributed by atoms with Crippen molar-refractivity contribution >= 4 is 84.7 Å². The van der Waals surface area contributed by atoms with E-state index in [1.54, 1.807) is 71.9 Å². The zero-order chi connectivity index (χ0) is 68.3. The predicted molar refractivity (Wildman–Crippen MR) is 325 cm³/mol. The van der Waals surface area contributed by atoms with Crippen molar-refractivity contribution in [1.29, 1.82) is 0 Å². The fraction of sp³-hybridized carbons (Fsp3) is 0.661. The van der Waals surface area contributed by atoms with Crippen molar-refractivity contribution in [2.24, 2.45) is 51.6 Å². The van der Waals surface area contributed by atoms with Crippen LogP contribution in [0.4, 0.5) is 0 Å². The van der Waals surface area contributed by atoms with Crippen LogP contribution in [0.25, 0.3) is 0 Å². The number of rotatable bonds is 34. The molecule has 1 aliphatic heterocycles. The molecule has 506 valence electrons. The smallest absolute Gasteiger partial charge is 0.458 e. The van der Waals surface area contributed by atoms with Gasteiger partial charge in [-0.2, -0.15) is 0 Å². The number of benzene rings is 1. The van der Waals surface area contributed by atoms with Crippen molar-refractivity contribution < 1.29 is 86.3 Å². The number of hydrogen-bond donors (Lipinski definition) is 17. The van der Waals surface area contributed by atoms with Gasteiger partial charge in [-0.3, -0.25) is 62.3 Å². The number of phosphoric ester groups is 1. The minimum Gasteiger partial charge on any atom is -0.458 e. The summed E-state index contributed by atoms with van der Waals surface area (Å²) < 4.78 is 22.2. The third-order valence-corrected chi connectivity index (χ3v) is 15.6. The number of hydrogen-bond acceptors (Lipinski definition) is 18. The molecule has 0 saturated carbocycles. The van der Waals surface area contributed by atoms with Crippen molar-refractivity contribution in [3.8, 4) is 0 Å². The molecule has 0 aromatic heterocycles. The maximum Gasteiger partial charge on any atom is 0.469 e. The third kappa shape index (κ3) is 26.3. The third-order valence-electron chi connectivity index (χ3n) is 15.1. The van der Waals surface area contributed by atoms with Crippen LogP contribution in [-0.2, 0) is 77.8 Å². The molecule has 0 bridgehead atoms. The van der Waals surface area contributed by atoms with E-state index in [1.165, 1.54) is 27.7 Å². The van der Waals surface area contributed by atoms with Crippen molar-refractivity contribution in [3.63, 3.8) is 0 Å². The van der Waals surface area contributed by atoms with Gasteiger partial charge in [-0.1, -0.05) is 105 Å². The molecule has 0 spiro atoms. The second-order valence-corrected chi connectivity index (χ2v) is 23.9. The number of esters is 1. The quantitative estimate of drug-likeness (QED) is 0.0102. The topological polar surface area (TPSA) is 538 Å². The number of primary amides is 1. The summed E-state index contributed by atoms with van der Waals surface area (Å²) in [6.07, 6.45) is -1.45. The first-order valence-electron chi connectivity index (χ1n) is 29.8. The van der Waals surface area contributed by atoms with Crippen molar-refractivity contribution in [2.45, 2.75) is 193 Å². The molecular weight excluding hydrogens is 1200 g/mol. The molecule has 90 heavy (non-hydrogen) atoms. The largest absolute Gasteiger partial charge is 0.469 e. The van der Waals surface area contributed by atoms with E-state index in [9.17, 15) is 77.0 Å². The normalized spacial score (nSPS) is 20.7. The van der Waals surface area contributed by atoms with Crippen LogP contribution in [-0.4, -0.2) is 184 Å². The molecule has 1 aromatic carbocycles. The van der Waals surface area contributed by atoms with E-state index in [4.69, 9.17) is 27.7 Å². The minimum atomic E-state index is -5.34. The molecule has 15 atom stereocenters. The lowest BCUT2D eigenvalue weighted by Gasteiger charge is -2.31. The summed E-state index contributed by atoms with van der Waals surface area (Å²) in [6, 6.07) is -8.17. The number of aliphatic hydroxyl groups excluding tert-OH is 1. The molecule has 33 nitrogen and oxygen atoms in total. The molecule has 1 saturated heterocycles. The Morgan fingerprint density at radius 1 is 0.678 bits per heavy atom. The highest BCUT2D eigenvalue weighted by Gasteiger charge is 2.41. The van der Waals surface area contributed by atoms with E-state index >= 15 is 0 Å². The Bertz CT molecular complexity index is 2720. The molecule has 0 radical (unpaired) electrons. The highest BCUT2D eigenvalue weighted by Crippen LogP contribution is 2.35. The number of aliphatic hydroxyl groups is 1. The van der Waals surface area contributed by atoms with Gasteiger partial charge >= 0.3 is 13.8 Å². The van der Waals surface area contributed by atoms with Gasteiger partial charge in [-0.25, -0.2) is 9.36 Å². The van der Waals surface area contributed by atoms with Gasteiger partial charge < -0.3 is 95.7 Å². The Balaban J connectivity index is 2.44. The first-order chi connectivity index (χ1) is 42.1. The first kappa shape index (κ1) is 78.3. The molecule has 11 amide bonds. The average Bonchev–Trinajstić information content (AvgIpc) is 2.03. The lowest BCUT2D eigenvalue weighted by molar-refractivity contribution is -0.157. The molecule has 34 heteroatoms. The number of nitrogens with one attached hydrogen (secondary N) is 10. The Morgan fingerprint density at radius 3 is 1.73 bits per heavy atom. The molecule has 1 fully saturated rings. The summed E-state index contributed by atoms with van der Waals surface area (Å²) in [6.45, 7) is 13.2. The van der Waals surface area contributed by atoms with E-state index in [-0.39, 0.29) is 38.2 Å². The summed E-state index contributed by atoms with van der Waals surface area (Å²) >= 11 is 0. The average molecular weight is 1300 g/mol. The van der Waals surface area contributed by atoms with Crippen molar-refractivity contribution in [1.82, 2.24) is 53.2 Å². The number of carbonyl (C=O) groups excluding carboxylic acids is 12. The monoisotopic (exact) mass is 1300 g/mol. The lowest BCUT2D eigenvalue weighted by atomic mass is 9.96. The van der Waals surface area contributed by atoms with Crippen LogP contribution < -0.4 is 76.1 Å². The van der Waals surface area contributed by atoms with Gasteiger partial charge in [0.1, 0.15) is 66.5 Å². The van der Waals surface area contributed by atoms with E-state index in [0.717, 1.165) is 5.56 Å². The molecule has 0 aliphatic carbocycles. The van der Waals surface area contributed by atoms with Crippen LogP contribution >= 0.6 is 7.82 Å². The van der Waals surface area contributed by atoms with Gasteiger partial charge in [0.2, 0.25) is 65.0 Å². The molecule has 21 N–H and O–H groups in total. The number of nitrogens with zero attached hydrogens (tertiary/aromatic N) is 1. The van der Waals surface area contributed by atoms with Crippen LogP contribution in [0.15, 0.2) is 35.3 Å². The number of phosphoric acid groups is 1. The fourth-order valence-electron chi connectivity index (χ4n) is 8.89. The lowest BCUT2D eigenvalue weighted by Crippen LogP contribution is -2.63. The number of ether oxygens (including phenoxy) is 1. The number of aliphatic imine (C=N–C) groups is 1. The fourth-order valence-corrected chi connectivity index (χ4v) is 9.23. The Morgan fingerprint density at radius 2 is 1.21 bits per heavy atom. The number of guanidine groups is 1. The number of nitrogens with two attached hydrogens (primary N) is 4. The van der Waals surface area contributed by atoms with Gasteiger partial charge in [0.05, 0.1) is 19.3 Å². The van der Waals surface area contributed by atoms with Gasteiger partial charge in [0.15, 0.2) is 5.96 Å². The van der Waals surface area contributed by atoms with Crippen LogP contribution in [0.2, 0.25) is 0 Å². The Labute approximate surface area is 523 Å². The number of amides is 11. The maximum absolute atomic E-state index is 14.3. The Hall–Kier alpha value is -7.84. The summed E-state index contributed by atoms with van der Waals surface area (Å²) in [7, 11) is -5.34. The van der Waals surface area contributed by atoms with Crippen LogP contribution in [0.5, 0.6) is 0 Å². The molecular formula is C56H94N15O18P. The zero-order valence-corrected chi connectivity index (χ0v) is 53.5. The summed E-state index contributed by atoms with van der Waals surface area (Å²) in [4.78, 5) is 188. The summed E-state index contributed by atoms with van der Waals surface area (Å²) in [5.74, 6) is -14.9. The van der Waals surface area contributed by atoms with E-state index in [0.29, 0.717) is 12.8 Å². The minimum absolute atomic E-state index is 0.00780. The van der Waals surface area contributed by atoms with E-state index < -0.39 is 201 Å². The maximum atomic E-state index is 14.3. The number of cyclic esters (lactones) is 1. The highest BCUT2D eigenvalue weighted by atomic mass is 31.2. The molecule has 1 aliphatic rings. The summed E-state index contributed by atoms with van der Waals surface area (Å²) in [5.41, 5.74) is 23.2. The van der Waals surface area contributed by atoms with Crippen LogP contribution in [0, 0.1) is 23.7 Å². The second kappa shape index (κ2) is 38.0. The van der Waals surface area contributed by atoms with Gasteiger partial charge in [0.25, 0.3) is 0 Å². The molecule has 2 rings (SSSR count). The zero-order valence-electron chi connectivity index (χ0n) is 52.6. The standard InChI is InChI=1S/C56H94N15O18P/c1-11-28(6)41(68-46(75)34(57)24-33-18-15-14-16-19-33)53(82)66-38(26-88-90(85,86)87)50(79)64-36(21-22-39(58)73)48(77)67-40(27(4)5)51(80)69-42(29(7)12-2)52(81)65-37(25-72)49(78)71-44-32(10)89-55(84)43(30(8)13-3)70-47(76)35(20-17-23-61-56(59)60)63-45(74)31(9)62-54(44)83/h14-16,18-19,27-32,34-38,40-44,72H,11-13,17,20-26,57H2,1-10H3,(H2,58,73)(H,62,83)(H,63,74)(H,64,79)(H,65,81)(H,66,82)(H,67,77)(H,68,75)(H,69,80)(H,70,76)(H,71,78)(H4,59,60,61)(H2,85,86,87)/t28-,29-,30-,31-,32-,34+,35-,36+,37-,38-,40+,41-,42-,43-,44+/m0/s1. The van der Waals surface area contributed by atoms with Crippen LogP contribution in [0.3, 0.4) is 0 Å². The van der Waals surface area contributed by atoms with Crippen molar-refractivity contribution in [2.75, 3.05) is 19.8 Å².